The van der Waals surface area contributed by atoms with Gasteiger partial charge in [-0.05, 0) is 36.4 Å². The first-order valence-corrected chi connectivity index (χ1v) is 9.09. The third kappa shape index (κ3) is 3.85. The van der Waals surface area contributed by atoms with Gasteiger partial charge in [0.15, 0.2) is 11.5 Å². The van der Waals surface area contributed by atoms with Crippen LogP contribution in [0.1, 0.15) is 16.8 Å². The van der Waals surface area contributed by atoms with Crippen LogP contribution in [0.2, 0.25) is 0 Å². The minimum absolute atomic E-state index is 0.0707. The van der Waals surface area contributed by atoms with E-state index in [1.54, 1.807) is 12.1 Å². The molecule has 2 aromatic carbocycles. The molecular formula is C17H17NO6S. The molecule has 0 saturated heterocycles. The van der Waals surface area contributed by atoms with Crippen molar-refractivity contribution < 1.29 is 27.4 Å². The zero-order chi connectivity index (χ0) is 17.9. The molecule has 8 heteroatoms. The largest absolute Gasteiger partial charge is 0.497 e. The fraction of sp³-hybridized carbons (Fsp3) is 0.235. The summed E-state index contributed by atoms with van der Waals surface area (Å²) < 4.78 is 42.9. The fourth-order valence-corrected chi connectivity index (χ4v) is 3.28. The summed E-state index contributed by atoms with van der Waals surface area (Å²) >= 11 is 0. The molecule has 0 radical (unpaired) electrons. The average molecular weight is 363 g/mol. The summed E-state index contributed by atoms with van der Waals surface area (Å²) in [5.41, 5.74) is 0.207. The molecule has 25 heavy (non-hydrogen) atoms. The highest BCUT2D eigenvalue weighted by molar-refractivity contribution is 7.90. The van der Waals surface area contributed by atoms with Gasteiger partial charge < -0.3 is 14.2 Å². The van der Waals surface area contributed by atoms with Crippen molar-refractivity contribution in [2.75, 3.05) is 20.3 Å². The summed E-state index contributed by atoms with van der Waals surface area (Å²) in [7, 11) is -2.53. The Balaban J connectivity index is 1.81. The lowest BCUT2D eigenvalue weighted by atomic mass is 10.2. The van der Waals surface area contributed by atoms with E-state index >= 15 is 0 Å². The molecule has 0 aliphatic carbocycles. The highest BCUT2D eigenvalue weighted by Crippen LogP contribution is 2.31. The van der Waals surface area contributed by atoms with Gasteiger partial charge in [0.05, 0.1) is 25.2 Å². The lowest BCUT2D eigenvalue weighted by molar-refractivity contribution is 0.0981. The SMILES string of the molecule is COc1ccc(C(=O)NS(=O)(=O)c2ccc3c(c2)OCCCO3)cc1. The Morgan fingerprint density at radius 2 is 1.72 bits per heavy atom. The van der Waals surface area contributed by atoms with E-state index in [1.807, 2.05) is 4.72 Å². The number of methoxy groups -OCH3 is 1. The Kier molecular flexibility index (Phi) is 4.80. The molecule has 1 aliphatic heterocycles. The molecule has 1 aliphatic rings. The van der Waals surface area contributed by atoms with Crippen LogP contribution in [0.4, 0.5) is 0 Å². The van der Waals surface area contributed by atoms with E-state index < -0.39 is 15.9 Å². The number of nitrogens with one attached hydrogen (secondary N) is 1. The minimum Gasteiger partial charge on any atom is -0.497 e. The van der Waals surface area contributed by atoms with Gasteiger partial charge in [-0.2, -0.15) is 0 Å². The predicted octanol–water partition coefficient (Wildman–Crippen LogP) is 1.98. The first kappa shape index (κ1) is 17.1. The van der Waals surface area contributed by atoms with Crippen LogP contribution >= 0.6 is 0 Å². The number of amides is 1. The van der Waals surface area contributed by atoms with Crippen LogP contribution in [0, 0.1) is 0 Å². The predicted molar refractivity (Wildman–Crippen MR) is 89.7 cm³/mol. The third-order valence-electron chi connectivity index (χ3n) is 3.61. The lowest BCUT2D eigenvalue weighted by Crippen LogP contribution is -2.30. The van der Waals surface area contributed by atoms with Crippen molar-refractivity contribution in [2.24, 2.45) is 0 Å². The fourth-order valence-electron chi connectivity index (χ4n) is 2.29. The molecular weight excluding hydrogens is 346 g/mol. The van der Waals surface area contributed by atoms with E-state index in [-0.39, 0.29) is 10.5 Å². The maximum Gasteiger partial charge on any atom is 0.265 e. The Labute approximate surface area is 145 Å². The van der Waals surface area contributed by atoms with E-state index in [2.05, 4.69) is 0 Å². The van der Waals surface area contributed by atoms with Crippen LogP contribution in [0.25, 0.3) is 0 Å². The molecule has 0 atom stereocenters. The van der Waals surface area contributed by atoms with Gasteiger partial charge in [-0.1, -0.05) is 0 Å². The van der Waals surface area contributed by atoms with Gasteiger partial charge >= 0.3 is 0 Å². The zero-order valence-corrected chi connectivity index (χ0v) is 14.3. The average Bonchev–Trinajstić information content (AvgIpc) is 2.86. The van der Waals surface area contributed by atoms with Crippen molar-refractivity contribution in [1.82, 2.24) is 4.72 Å². The number of sulfonamides is 1. The van der Waals surface area contributed by atoms with E-state index in [9.17, 15) is 13.2 Å². The smallest absolute Gasteiger partial charge is 0.265 e. The second kappa shape index (κ2) is 7.02. The highest BCUT2D eigenvalue weighted by Gasteiger charge is 2.21. The van der Waals surface area contributed by atoms with Gasteiger partial charge in [-0.25, -0.2) is 13.1 Å². The van der Waals surface area contributed by atoms with Crippen molar-refractivity contribution in [3.63, 3.8) is 0 Å². The van der Waals surface area contributed by atoms with Crippen molar-refractivity contribution in [3.05, 3.63) is 48.0 Å². The molecule has 1 amide bonds. The Hall–Kier alpha value is -2.74. The monoisotopic (exact) mass is 363 g/mol. The second-order valence-corrected chi connectivity index (χ2v) is 7.00. The lowest BCUT2D eigenvalue weighted by Gasteiger charge is -2.11. The molecule has 0 unspecified atom stereocenters. The number of ether oxygens (including phenoxy) is 3. The Morgan fingerprint density at radius 3 is 2.40 bits per heavy atom. The van der Waals surface area contributed by atoms with Crippen LogP contribution in [0.3, 0.4) is 0 Å². The Bertz CT molecular complexity index is 877. The van der Waals surface area contributed by atoms with Gasteiger partial charge in [-0.3, -0.25) is 4.79 Å². The van der Waals surface area contributed by atoms with Gasteiger partial charge in [0.1, 0.15) is 5.75 Å². The zero-order valence-electron chi connectivity index (χ0n) is 13.5. The quantitative estimate of drug-likeness (QED) is 0.893. The third-order valence-corrected chi connectivity index (χ3v) is 4.94. The van der Waals surface area contributed by atoms with E-state index in [4.69, 9.17) is 14.2 Å². The minimum atomic E-state index is -4.04. The van der Waals surface area contributed by atoms with Gasteiger partial charge in [-0.15, -0.1) is 0 Å². The number of hydrogen-bond donors (Lipinski definition) is 1. The molecule has 2 aromatic rings. The highest BCUT2D eigenvalue weighted by atomic mass is 32.2. The van der Waals surface area contributed by atoms with Crippen molar-refractivity contribution in [2.45, 2.75) is 11.3 Å². The standard InChI is InChI=1S/C17H17NO6S/c1-22-13-5-3-12(4-6-13)17(19)18-25(20,21)14-7-8-15-16(11-14)24-10-2-9-23-15/h3-8,11H,2,9-10H2,1H3,(H,18,19). The van der Waals surface area contributed by atoms with Crippen molar-refractivity contribution in [3.8, 4) is 17.2 Å². The summed E-state index contributed by atoms with van der Waals surface area (Å²) in [6.45, 7) is 0.946. The van der Waals surface area contributed by atoms with Crippen LogP contribution in [0.5, 0.6) is 17.2 Å². The summed E-state index contributed by atoms with van der Waals surface area (Å²) in [6, 6.07) is 10.4. The van der Waals surface area contributed by atoms with Gasteiger partial charge in [0.2, 0.25) is 0 Å². The van der Waals surface area contributed by atoms with Gasteiger partial charge in [0, 0.05) is 18.1 Å². The maximum absolute atomic E-state index is 12.5. The maximum atomic E-state index is 12.5. The van der Waals surface area contributed by atoms with E-state index in [0.717, 1.165) is 0 Å². The summed E-state index contributed by atoms with van der Waals surface area (Å²) in [4.78, 5) is 12.1. The van der Waals surface area contributed by atoms with E-state index in [0.29, 0.717) is 36.9 Å². The molecule has 1 heterocycles. The summed E-state index contributed by atoms with van der Waals surface area (Å²) in [6.07, 6.45) is 0.713. The molecule has 0 bridgehead atoms. The number of rotatable bonds is 4. The number of hydrogen-bond acceptors (Lipinski definition) is 6. The Morgan fingerprint density at radius 1 is 1.04 bits per heavy atom. The van der Waals surface area contributed by atoms with Crippen molar-refractivity contribution >= 4 is 15.9 Å². The first-order chi connectivity index (χ1) is 12.0. The summed E-state index contributed by atoms with van der Waals surface area (Å²) in [5.74, 6) is 0.673. The number of fused-ring (bicyclic) bond motifs is 1. The number of benzene rings is 2. The van der Waals surface area contributed by atoms with Crippen LogP contribution < -0.4 is 18.9 Å². The van der Waals surface area contributed by atoms with Gasteiger partial charge in [0.25, 0.3) is 15.9 Å². The van der Waals surface area contributed by atoms with Crippen LogP contribution in [-0.4, -0.2) is 34.6 Å². The molecule has 0 fully saturated rings. The normalized spacial score (nSPS) is 13.6. The molecule has 3 rings (SSSR count). The molecule has 7 nitrogen and oxygen atoms in total. The van der Waals surface area contributed by atoms with Crippen LogP contribution in [0.15, 0.2) is 47.4 Å². The molecule has 1 N–H and O–H groups in total. The summed E-state index contributed by atoms with van der Waals surface area (Å²) in [5, 5.41) is 0. The number of carbonyl (C=O) groups excluding carboxylic acids is 1. The second-order valence-electron chi connectivity index (χ2n) is 5.32. The molecule has 132 valence electrons. The van der Waals surface area contributed by atoms with E-state index in [1.165, 1.54) is 37.4 Å². The molecule has 0 saturated carbocycles. The topological polar surface area (TPSA) is 90.9 Å². The molecule has 0 spiro atoms. The number of carbonyl (C=O) groups is 1. The first-order valence-electron chi connectivity index (χ1n) is 7.60. The molecule has 0 aromatic heterocycles. The van der Waals surface area contributed by atoms with Crippen LogP contribution in [-0.2, 0) is 10.0 Å². The van der Waals surface area contributed by atoms with Crippen molar-refractivity contribution in [1.29, 1.82) is 0 Å².